The molecule has 5 nitrogen and oxygen atoms in total. The van der Waals surface area contributed by atoms with E-state index in [9.17, 15) is 9.59 Å². The molecule has 1 atom stereocenters. The Morgan fingerprint density at radius 3 is 3.06 bits per heavy atom. The third-order valence-electron chi connectivity index (χ3n) is 2.86. The summed E-state index contributed by atoms with van der Waals surface area (Å²) in [6.07, 6.45) is 1.99. The molecule has 0 saturated carbocycles. The highest BCUT2D eigenvalue weighted by atomic mass is 32.1. The van der Waals surface area contributed by atoms with Crippen molar-refractivity contribution in [1.82, 2.24) is 10.2 Å². The number of primary amides is 1. The lowest BCUT2D eigenvalue weighted by atomic mass is 10.2. The molecule has 2 rings (SSSR count). The average Bonchev–Trinajstić information content (AvgIpc) is 2.94. The predicted molar refractivity (Wildman–Crippen MR) is 65.6 cm³/mol. The van der Waals surface area contributed by atoms with Crippen molar-refractivity contribution in [2.45, 2.75) is 18.9 Å². The van der Waals surface area contributed by atoms with Gasteiger partial charge >= 0.3 is 6.03 Å². The van der Waals surface area contributed by atoms with Crippen LogP contribution in [-0.2, 0) is 4.79 Å². The standard InChI is InChI=1S/C11H15N3O2S/c12-11(16)13-7-10(15)14-5-1-3-8(14)9-4-2-6-17-9/h2,4,6,8H,1,3,5,7H2,(H3,12,13,16). The summed E-state index contributed by atoms with van der Waals surface area (Å²) in [5.41, 5.74) is 4.95. The molecule has 6 heteroatoms. The van der Waals surface area contributed by atoms with Crippen LogP contribution in [0.4, 0.5) is 4.79 Å². The quantitative estimate of drug-likeness (QED) is 0.845. The number of hydrogen-bond donors (Lipinski definition) is 2. The van der Waals surface area contributed by atoms with Crippen molar-refractivity contribution in [3.63, 3.8) is 0 Å². The number of rotatable bonds is 3. The summed E-state index contributed by atoms with van der Waals surface area (Å²) in [6, 6.07) is 3.54. The SMILES string of the molecule is NC(=O)NCC(=O)N1CCCC1c1cccs1. The first kappa shape index (κ1) is 11.9. The van der Waals surface area contributed by atoms with Gasteiger partial charge in [-0.3, -0.25) is 4.79 Å². The summed E-state index contributed by atoms with van der Waals surface area (Å²) in [4.78, 5) is 25.5. The van der Waals surface area contributed by atoms with E-state index in [4.69, 9.17) is 5.73 Å². The highest BCUT2D eigenvalue weighted by Gasteiger charge is 2.30. The molecule has 0 radical (unpaired) electrons. The lowest BCUT2D eigenvalue weighted by molar-refractivity contribution is -0.130. The van der Waals surface area contributed by atoms with Gasteiger partial charge in [-0.2, -0.15) is 0 Å². The minimum Gasteiger partial charge on any atom is -0.352 e. The van der Waals surface area contributed by atoms with Crippen molar-refractivity contribution in [2.24, 2.45) is 5.73 Å². The summed E-state index contributed by atoms with van der Waals surface area (Å²) in [5.74, 6) is -0.0697. The summed E-state index contributed by atoms with van der Waals surface area (Å²) >= 11 is 1.66. The normalized spacial score (nSPS) is 19.3. The van der Waals surface area contributed by atoms with Gasteiger partial charge in [0.15, 0.2) is 0 Å². The predicted octanol–water partition coefficient (Wildman–Crippen LogP) is 1.08. The van der Waals surface area contributed by atoms with Gasteiger partial charge in [-0.25, -0.2) is 4.79 Å². The number of carbonyl (C=O) groups excluding carboxylic acids is 2. The van der Waals surface area contributed by atoms with E-state index in [-0.39, 0.29) is 18.5 Å². The van der Waals surface area contributed by atoms with Crippen LogP contribution in [0.2, 0.25) is 0 Å². The van der Waals surface area contributed by atoms with E-state index >= 15 is 0 Å². The Labute approximate surface area is 104 Å². The third kappa shape index (κ3) is 2.76. The third-order valence-corrected chi connectivity index (χ3v) is 3.83. The summed E-state index contributed by atoms with van der Waals surface area (Å²) in [5, 5.41) is 4.35. The van der Waals surface area contributed by atoms with Gasteiger partial charge in [0.05, 0.1) is 12.6 Å². The molecule has 0 aromatic carbocycles. The Kier molecular flexibility index (Phi) is 3.63. The minimum absolute atomic E-state index is 0.0167. The summed E-state index contributed by atoms with van der Waals surface area (Å²) < 4.78 is 0. The van der Waals surface area contributed by atoms with Gasteiger partial charge in [-0.05, 0) is 24.3 Å². The van der Waals surface area contributed by atoms with Gasteiger partial charge in [-0.1, -0.05) is 6.07 Å². The van der Waals surface area contributed by atoms with E-state index in [1.54, 1.807) is 11.3 Å². The zero-order valence-electron chi connectivity index (χ0n) is 9.39. The fourth-order valence-electron chi connectivity index (χ4n) is 2.11. The molecular formula is C11H15N3O2S. The van der Waals surface area contributed by atoms with Gasteiger partial charge in [0.2, 0.25) is 5.91 Å². The van der Waals surface area contributed by atoms with Crippen LogP contribution in [0.5, 0.6) is 0 Å². The number of likely N-dealkylation sites (tertiary alicyclic amines) is 1. The van der Waals surface area contributed by atoms with Crippen LogP contribution in [0, 0.1) is 0 Å². The van der Waals surface area contributed by atoms with Gasteiger partial charge in [0, 0.05) is 11.4 Å². The molecule has 1 aliphatic heterocycles. The van der Waals surface area contributed by atoms with E-state index in [0.29, 0.717) is 0 Å². The monoisotopic (exact) mass is 253 g/mol. The Balaban J connectivity index is 1.99. The number of nitrogens with one attached hydrogen (secondary N) is 1. The maximum absolute atomic E-state index is 11.9. The highest BCUT2D eigenvalue weighted by molar-refractivity contribution is 7.10. The van der Waals surface area contributed by atoms with Crippen LogP contribution in [0.25, 0.3) is 0 Å². The molecule has 1 unspecified atom stereocenters. The molecule has 2 heterocycles. The Hall–Kier alpha value is -1.56. The van der Waals surface area contributed by atoms with Crippen molar-refractivity contribution in [1.29, 1.82) is 0 Å². The smallest absolute Gasteiger partial charge is 0.312 e. The van der Waals surface area contributed by atoms with E-state index in [1.165, 1.54) is 4.88 Å². The number of amides is 3. The van der Waals surface area contributed by atoms with Crippen molar-refractivity contribution in [3.05, 3.63) is 22.4 Å². The van der Waals surface area contributed by atoms with Gasteiger partial charge in [0.1, 0.15) is 0 Å². The molecule has 3 amide bonds. The number of hydrogen-bond acceptors (Lipinski definition) is 3. The van der Waals surface area contributed by atoms with Crippen molar-refractivity contribution in [3.8, 4) is 0 Å². The second-order valence-electron chi connectivity index (χ2n) is 3.98. The first-order chi connectivity index (χ1) is 8.18. The maximum atomic E-state index is 11.9. The Bertz CT molecular complexity index is 405. The van der Waals surface area contributed by atoms with Crippen LogP contribution in [0.15, 0.2) is 17.5 Å². The van der Waals surface area contributed by atoms with Crippen LogP contribution in [-0.4, -0.2) is 29.9 Å². The van der Waals surface area contributed by atoms with E-state index in [0.717, 1.165) is 19.4 Å². The summed E-state index contributed by atoms with van der Waals surface area (Å²) in [6.45, 7) is 0.735. The molecule has 1 aromatic rings. The molecule has 3 N–H and O–H groups in total. The van der Waals surface area contributed by atoms with Crippen LogP contribution in [0.1, 0.15) is 23.8 Å². The molecule has 92 valence electrons. The van der Waals surface area contributed by atoms with Crippen molar-refractivity contribution >= 4 is 23.3 Å². The molecule has 0 aliphatic carbocycles. The van der Waals surface area contributed by atoms with Crippen molar-refractivity contribution in [2.75, 3.05) is 13.1 Å². The van der Waals surface area contributed by atoms with E-state index < -0.39 is 6.03 Å². The van der Waals surface area contributed by atoms with Gasteiger partial charge in [-0.15, -0.1) is 11.3 Å². The molecule has 1 aliphatic rings. The Morgan fingerprint density at radius 2 is 2.41 bits per heavy atom. The highest BCUT2D eigenvalue weighted by Crippen LogP contribution is 2.34. The second kappa shape index (κ2) is 5.18. The van der Waals surface area contributed by atoms with Gasteiger partial charge in [0.25, 0.3) is 0 Å². The lowest BCUT2D eigenvalue weighted by Crippen LogP contribution is -2.41. The summed E-state index contributed by atoms with van der Waals surface area (Å²) in [7, 11) is 0. The molecule has 0 bridgehead atoms. The number of carbonyl (C=O) groups is 2. The first-order valence-corrected chi connectivity index (χ1v) is 6.42. The zero-order valence-corrected chi connectivity index (χ0v) is 10.2. The van der Waals surface area contributed by atoms with Crippen LogP contribution in [0.3, 0.4) is 0 Å². The number of nitrogens with two attached hydrogens (primary N) is 1. The second-order valence-corrected chi connectivity index (χ2v) is 4.96. The first-order valence-electron chi connectivity index (χ1n) is 5.54. The molecule has 1 fully saturated rings. The van der Waals surface area contributed by atoms with E-state index in [1.807, 2.05) is 22.4 Å². The fraction of sp³-hybridized carbons (Fsp3) is 0.455. The lowest BCUT2D eigenvalue weighted by Gasteiger charge is -2.23. The minimum atomic E-state index is -0.662. The number of thiophene rings is 1. The number of urea groups is 1. The largest absolute Gasteiger partial charge is 0.352 e. The van der Waals surface area contributed by atoms with Crippen LogP contribution >= 0.6 is 11.3 Å². The molecule has 17 heavy (non-hydrogen) atoms. The average molecular weight is 253 g/mol. The zero-order chi connectivity index (χ0) is 12.3. The Morgan fingerprint density at radius 1 is 1.59 bits per heavy atom. The molecule has 1 saturated heterocycles. The topological polar surface area (TPSA) is 75.4 Å². The van der Waals surface area contributed by atoms with Crippen molar-refractivity contribution < 1.29 is 9.59 Å². The fourth-order valence-corrected chi connectivity index (χ4v) is 2.98. The molecule has 1 aromatic heterocycles. The number of nitrogens with zero attached hydrogens (tertiary/aromatic N) is 1. The van der Waals surface area contributed by atoms with E-state index in [2.05, 4.69) is 5.32 Å². The van der Waals surface area contributed by atoms with Crippen LogP contribution < -0.4 is 11.1 Å². The molecule has 0 spiro atoms. The molecular weight excluding hydrogens is 238 g/mol. The van der Waals surface area contributed by atoms with Gasteiger partial charge < -0.3 is 16.0 Å². The maximum Gasteiger partial charge on any atom is 0.312 e.